The molecule has 3 heterocycles. The van der Waals surface area contributed by atoms with Gasteiger partial charge in [0.05, 0.1) is 27.4 Å². The fraction of sp³-hybridized carbons (Fsp3) is 0.0667. The van der Waals surface area contributed by atoms with Gasteiger partial charge in [-0.2, -0.15) is 0 Å². The van der Waals surface area contributed by atoms with Gasteiger partial charge in [-0.15, -0.1) is 0 Å². The third-order valence-corrected chi connectivity index (χ3v) is 12.0. The molecule has 0 fully saturated rings. The highest BCUT2D eigenvalue weighted by molar-refractivity contribution is 8.00. The second-order valence-corrected chi connectivity index (χ2v) is 14.5. The van der Waals surface area contributed by atoms with Crippen LogP contribution in [-0.2, 0) is 0 Å². The molecule has 0 saturated heterocycles. The Balaban J connectivity index is 1.14. The van der Waals surface area contributed by atoms with Gasteiger partial charge in [-0.05, 0) is 77.2 Å². The normalized spacial score (nSPS) is 17.2. The van der Waals surface area contributed by atoms with E-state index < -0.39 is 0 Å². The Labute approximate surface area is 287 Å². The Morgan fingerprint density at radius 3 is 1.98 bits per heavy atom. The van der Waals surface area contributed by atoms with Crippen molar-refractivity contribution in [3.8, 4) is 11.4 Å². The number of anilines is 1. The molecule has 0 radical (unpaired) electrons. The highest BCUT2D eigenvalue weighted by atomic mass is 32.2. The van der Waals surface area contributed by atoms with E-state index in [0.29, 0.717) is 11.3 Å². The average Bonchev–Trinajstić information content (AvgIpc) is 3.84. The molecular weight excluding hydrogens is 615 g/mol. The van der Waals surface area contributed by atoms with E-state index in [1.54, 1.807) is 0 Å². The molecule has 0 amide bonds. The number of hydrogen-bond donors (Lipinski definition) is 1. The molecule has 9 aromatic rings. The van der Waals surface area contributed by atoms with Crippen molar-refractivity contribution in [2.24, 2.45) is 5.92 Å². The maximum atomic E-state index is 3.85. The molecule has 11 rings (SSSR count). The Hall–Kier alpha value is -5.71. The lowest BCUT2D eigenvalue weighted by atomic mass is 9.99. The summed E-state index contributed by atoms with van der Waals surface area (Å²) in [5.41, 5.74) is 8.48. The molecule has 0 spiro atoms. The van der Waals surface area contributed by atoms with Gasteiger partial charge in [-0.3, -0.25) is 0 Å². The lowest BCUT2D eigenvalue weighted by molar-refractivity contribution is 0.662. The molecule has 2 aromatic heterocycles. The molecule has 2 atom stereocenters. The maximum Gasteiger partial charge on any atom is 0.0836 e. The van der Waals surface area contributed by atoms with E-state index in [1.807, 2.05) is 11.8 Å². The minimum atomic E-state index is 0.345. The molecule has 1 aliphatic carbocycles. The van der Waals surface area contributed by atoms with Crippen LogP contribution in [0.3, 0.4) is 0 Å². The number of aromatic nitrogens is 2. The molecule has 1 N–H and O–H groups in total. The highest BCUT2D eigenvalue weighted by Gasteiger charge is 2.29. The zero-order chi connectivity index (χ0) is 32.1. The molecular formula is C45H31N3S. The maximum absolute atomic E-state index is 3.85. The number of rotatable bonds is 3. The minimum absolute atomic E-state index is 0.345. The predicted molar refractivity (Wildman–Crippen MR) is 210 cm³/mol. The fourth-order valence-electron chi connectivity index (χ4n) is 8.38. The summed E-state index contributed by atoms with van der Waals surface area (Å²) in [5, 5.41) is 14.5. The van der Waals surface area contributed by atoms with Gasteiger partial charge in [0.1, 0.15) is 0 Å². The summed E-state index contributed by atoms with van der Waals surface area (Å²) in [4.78, 5) is 1.37. The number of benzene rings is 7. The van der Waals surface area contributed by atoms with Gasteiger partial charge in [0.15, 0.2) is 0 Å². The third-order valence-electron chi connectivity index (χ3n) is 10.6. The fourth-order valence-corrected chi connectivity index (χ4v) is 9.79. The first-order chi connectivity index (χ1) is 24.3. The van der Waals surface area contributed by atoms with Crippen LogP contribution in [0.25, 0.3) is 76.5 Å². The van der Waals surface area contributed by atoms with Crippen LogP contribution >= 0.6 is 11.8 Å². The zero-order valence-electron chi connectivity index (χ0n) is 26.7. The summed E-state index contributed by atoms with van der Waals surface area (Å²) in [7, 11) is 0. The summed E-state index contributed by atoms with van der Waals surface area (Å²) >= 11 is 1.99. The van der Waals surface area contributed by atoms with Crippen molar-refractivity contribution in [2.75, 3.05) is 5.32 Å². The molecule has 4 heteroatoms. The van der Waals surface area contributed by atoms with E-state index in [2.05, 4.69) is 172 Å². The molecule has 3 nitrogen and oxygen atoms in total. The zero-order valence-corrected chi connectivity index (χ0v) is 27.5. The summed E-state index contributed by atoms with van der Waals surface area (Å²) in [5.74, 6) is 0.487. The number of hydrogen-bond acceptors (Lipinski definition) is 2. The Kier molecular flexibility index (Phi) is 5.78. The van der Waals surface area contributed by atoms with E-state index in [4.69, 9.17) is 0 Å². The molecule has 0 saturated carbocycles. The van der Waals surface area contributed by atoms with Crippen LogP contribution in [-0.4, -0.2) is 14.5 Å². The van der Waals surface area contributed by atoms with Crippen molar-refractivity contribution in [1.82, 2.24) is 9.13 Å². The molecule has 232 valence electrons. The number of thioether (sulfide) groups is 1. The van der Waals surface area contributed by atoms with Gasteiger partial charge in [-0.25, -0.2) is 0 Å². The second kappa shape index (κ2) is 10.4. The minimum Gasteiger partial charge on any atom is -0.371 e. The number of fused-ring (bicyclic) bond motifs is 11. The number of allylic oxidation sites excluding steroid dienone is 3. The molecule has 7 aromatic carbocycles. The molecule has 2 aliphatic rings. The van der Waals surface area contributed by atoms with E-state index in [9.17, 15) is 0 Å². The standard InChI is InChI=1S/C45H31N3S/c1-3-11-29(12-4-1)45-46-38-24-21-28-19-20-30-25-32(22-23-33(30)43(28)44(38)49-45)48-40-18-10-8-16-35(40)37-26-36-34-15-7-9-17-39(34)47(41(36)27-42(37)48)31-13-5-2-6-14-31/h1-11,13-27,29,45-46H,12H2. The second-order valence-electron chi connectivity index (χ2n) is 13.3. The van der Waals surface area contributed by atoms with E-state index in [1.165, 1.54) is 87.1 Å². The van der Waals surface area contributed by atoms with Crippen molar-refractivity contribution in [3.63, 3.8) is 0 Å². The Morgan fingerprint density at radius 2 is 1.22 bits per heavy atom. The quantitative estimate of drug-likeness (QED) is 0.193. The summed E-state index contributed by atoms with van der Waals surface area (Å²) in [6, 6.07) is 49.4. The smallest absolute Gasteiger partial charge is 0.0836 e. The van der Waals surface area contributed by atoms with Gasteiger partial charge in [-0.1, -0.05) is 115 Å². The molecule has 2 unspecified atom stereocenters. The van der Waals surface area contributed by atoms with Crippen molar-refractivity contribution < 1.29 is 0 Å². The predicted octanol–water partition coefficient (Wildman–Crippen LogP) is 12.2. The first-order valence-corrected chi connectivity index (χ1v) is 18.0. The van der Waals surface area contributed by atoms with Gasteiger partial charge >= 0.3 is 0 Å². The topological polar surface area (TPSA) is 21.9 Å². The van der Waals surface area contributed by atoms with E-state index in [0.717, 1.165) is 6.42 Å². The van der Waals surface area contributed by atoms with Crippen LogP contribution < -0.4 is 5.32 Å². The monoisotopic (exact) mass is 645 g/mol. The Bertz CT molecular complexity index is 2870. The van der Waals surface area contributed by atoms with Gasteiger partial charge in [0, 0.05) is 54.8 Å². The molecule has 49 heavy (non-hydrogen) atoms. The first-order valence-electron chi connectivity index (χ1n) is 17.1. The van der Waals surface area contributed by atoms with Crippen LogP contribution in [0.5, 0.6) is 0 Å². The van der Waals surface area contributed by atoms with Crippen LogP contribution in [0.15, 0.2) is 163 Å². The lowest BCUT2D eigenvalue weighted by Crippen LogP contribution is -2.21. The summed E-state index contributed by atoms with van der Waals surface area (Å²) in [6.45, 7) is 0. The number of para-hydroxylation sites is 3. The first kappa shape index (κ1) is 27.3. The van der Waals surface area contributed by atoms with Crippen LogP contribution in [0, 0.1) is 5.92 Å². The third kappa shape index (κ3) is 3.98. The average molecular weight is 646 g/mol. The summed E-state index contributed by atoms with van der Waals surface area (Å²) in [6.07, 6.45) is 10.1. The molecule has 1 aliphatic heterocycles. The van der Waals surface area contributed by atoms with Crippen molar-refractivity contribution >= 4 is 82.6 Å². The lowest BCUT2D eigenvalue weighted by Gasteiger charge is -2.20. The van der Waals surface area contributed by atoms with Crippen LogP contribution in [0.4, 0.5) is 5.69 Å². The van der Waals surface area contributed by atoms with Crippen LogP contribution in [0.2, 0.25) is 0 Å². The van der Waals surface area contributed by atoms with Crippen molar-refractivity contribution in [1.29, 1.82) is 0 Å². The van der Waals surface area contributed by atoms with Gasteiger partial charge < -0.3 is 14.5 Å². The van der Waals surface area contributed by atoms with Gasteiger partial charge in [0.2, 0.25) is 0 Å². The summed E-state index contributed by atoms with van der Waals surface area (Å²) < 4.78 is 4.88. The van der Waals surface area contributed by atoms with Gasteiger partial charge in [0.25, 0.3) is 0 Å². The largest absolute Gasteiger partial charge is 0.371 e. The van der Waals surface area contributed by atoms with E-state index >= 15 is 0 Å². The number of nitrogens with zero attached hydrogens (tertiary/aromatic N) is 2. The highest BCUT2D eigenvalue weighted by Crippen LogP contribution is 2.49. The van der Waals surface area contributed by atoms with Crippen molar-refractivity contribution in [2.45, 2.75) is 16.7 Å². The number of nitrogens with one attached hydrogen (secondary N) is 1. The SMILES string of the molecule is C1=CCC(C2Nc3ccc4ccc5cc(-n6c7ccccc7c7cc8c9ccccc9n(-c9ccccc9)c8cc76)ccc5c4c3S2)C=C1. The van der Waals surface area contributed by atoms with Crippen LogP contribution in [0.1, 0.15) is 6.42 Å². The van der Waals surface area contributed by atoms with E-state index in [-0.39, 0.29) is 0 Å². The Morgan fingerprint density at radius 1 is 0.531 bits per heavy atom. The molecule has 0 bridgehead atoms. The van der Waals surface area contributed by atoms with Crippen molar-refractivity contribution in [3.05, 3.63) is 158 Å².